The molecule has 5 nitrogen and oxygen atoms in total. The SMILES string of the molecule is CCCCN1CC(c2nc3ccccc3n2CCCCOc2cc(C)ccc2C)CC1=O. The van der Waals surface area contributed by atoms with E-state index in [4.69, 9.17) is 9.72 Å². The van der Waals surface area contributed by atoms with E-state index in [1.807, 2.05) is 11.0 Å². The van der Waals surface area contributed by atoms with Crippen molar-refractivity contribution in [2.45, 2.75) is 65.3 Å². The molecule has 1 unspecified atom stereocenters. The van der Waals surface area contributed by atoms with Crippen LogP contribution < -0.4 is 4.74 Å². The van der Waals surface area contributed by atoms with Gasteiger partial charge in [0.25, 0.3) is 0 Å². The lowest BCUT2D eigenvalue weighted by atomic mass is 10.1. The Morgan fingerprint density at radius 2 is 1.91 bits per heavy atom. The maximum absolute atomic E-state index is 12.5. The van der Waals surface area contributed by atoms with Gasteiger partial charge in [-0.1, -0.05) is 37.6 Å². The number of hydrogen-bond acceptors (Lipinski definition) is 3. The van der Waals surface area contributed by atoms with Crippen LogP contribution in [0.15, 0.2) is 42.5 Å². The number of carbonyl (C=O) groups excluding carboxylic acids is 1. The molecule has 0 saturated carbocycles. The minimum absolute atomic E-state index is 0.179. The number of imidazole rings is 1. The largest absolute Gasteiger partial charge is 0.493 e. The summed E-state index contributed by atoms with van der Waals surface area (Å²) in [6.45, 7) is 9.60. The van der Waals surface area contributed by atoms with Gasteiger partial charge in [-0.2, -0.15) is 0 Å². The van der Waals surface area contributed by atoms with Crippen LogP contribution in [0.25, 0.3) is 11.0 Å². The standard InChI is InChI=1S/C27H35N3O2/c1-4-5-14-29-19-22(18-26(29)31)27-28-23-10-6-7-11-24(23)30(27)15-8-9-16-32-25-17-20(2)12-13-21(25)3/h6-7,10-13,17,22H,4-5,8-9,14-16,18-19H2,1-3H3. The molecule has 0 aliphatic carbocycles. The summed E-state index contributed by atoms with van der Waals surface area (Å²) < 4.78 is 8.39. The molecule has 2 heterocycles. The van der Waals surface area contributed by atoms with Crippen LogP contribution in [0, 0.1) is 13.8 Å². The summed E-state index contributed by atoms with van der Waals surface area (Å²) in [6, 6.07) is 14.7. The minimum Gasteiger partial charge on any atom is -0.493 e. The van der Waals surface area contributed by atoms with Gasteiger partial charge in [0.2, 0.25) is 5.91 Å². The average molecular weight is 434 g/mol. The van der Waals surface area contributed by atoms with Crippen molar-refractivity contribution in [3.8, 4) is 5.75 Å². The van der Waals surface area contributed by atoms with Gasteiger partial charge in [0.1, 0.15) is 11.6 Å². The molecule has 0 spiro atoms. The number of carbonyl (C=O) groups is 1. The van der Waals surface area contributed by atoms with Crippen molar-refractivity contribution in [2.24, 2.45) is 0 Å². The Morgan fingerprint density at radius 1 is 1.06 bits per heavy atom. The minimum atomic E-state index is 0.179. The maximum atomic E-state index is 12.5. The Bertz CT molecular complexity index is 1070. The number of amides is 1. The summed E-state index contributed by atoms with van der Waals surface area (Å²) >= 11 is 0. The fraction of sp³-hybridized carbons (Fsp3) is 0.481. The number of hydrogen-bond donors (Lipinski definition) is 0. The number of aromatic nitrogens is 2. The molecule has 1 aliphatic heterocycles. The molecular formula is C27H35N3O2. The number of benzene rings is 2. The second-order valence-corrected chi connectivity index (χ2v) is 9.03. The molecule has 1 aromatic heterocycles. The van der Waals surface area contributed by atoms with Gasteiger partial charge in [-0.05, 0) is 62.4 Å². The lowest BCUT2D eigenvalue weighted by Crippen LogP contribution is -2.26. The van der Waals surface area contributed by atoms with Gasteiger partial charge < -0.3 is 14.2 Å². The van der Waals surface area contributed by atoms with Crippen molar-refractivity contribution in [3.05, 3.63) is 59.4 Å². The normalized spacial score (nSPS) is 16.3. The number of aryl methyl sites for hydroxylation is 3. The first kappa shape index (κ1) is 22.4. The van der Waals surface area contributed by atoms with Crippen LogP contribution in [0.4, 0.5) is 0 Å². The molecule has 5 heteroatoms. The number of likely N-dealkylation sites (tertiary alicyclic amines) is 1. The van der Waals surface area contributed by atoms with Crippen molar-refractivity contribution in [1.29, 1.82) is 0 Å². The van der Waals surface area contributed by atoms with Gasteiger partial charge in [0.05, 0.1) is 17.6 Å². The van der Waals surface area contributed by atoms with Crippen LogP contribution in [0.2, 0.25) is 0 Å². The van der Waals surface area contributed by atoms with E-state index in [9.17, 15) is 4.79 Å². The van der Waals surface area contributed by atoms with Crippen molar-refractivity contribution >= 4 is 16.9 Å². The van der Waals surface area contributed by atoms with Crippen molar-refractivity contribution in [2.75, 3.05) is 19.7 Å². The molecule has 4 rings (SSSR count). The zero-order valence-corrected chi connectivity index (χ0v) is 19.6. The first-order chi connectivity index (χ1) is 15.6. The third kappa shape index (κ3) is 4.98. The van der Waals surface area contributed by atoms with E-state index in [1.54, 1.807) is 0 Å². The van der Waals surface area contributed by atoms with Crippen LogP contribution >= 0.6 is 0 Å². The highest BCUT2D eigenvalue weighted by Crippen LogP contribution is 2.31. The zero-order chi connectivity index (χ0) is 22.5. The Balaban J connectivity index is 1.42. The van der Waals surface area contributed by atoms with E-state index in [-0.39, 0.29) is 11.8 Å². The Hall–Kier alpha value is -2.82. The summed E-state index contributed by atoms with van der Waals surface area (Å²) in [5, 5.41) is 0. The molecule has 2 aromatic carbocycles. The van der Waals surface area contributed by atoms with Crippen LogP contribution in [0.1, 0.15) is 61.9 Å². The monoisotopic (exact) mass is 433 g/mol. The molecule has 0 N–H and O–H groups in total. The Kier molecular flexibility index (Phi) is 7.13. The van der Waals surface area contributed by atoms with Crippen LogP contribution in [0.3, 0.4) is 0 Å². The van der Waals surface area contributed by atoms with E-state index in [0.29, 0.717) is 13.0 Å². The highest BCUT2D eigenvalue weighted by molar-refractivity contribution is 5.80. The zero-order valence-electron chi connectivity index (χ0n) is 19.6. The van der Waals surface area contributed by atoms with Gasteiger partial charge in [-0.25, -0.2) is 4.98 Å². The second-order valence-electron chi connectivity index (χ2n) is 9.03. The molecule has 3 aromatic rings. The number of para-hydroxylation sites is 2. The summed E-state index contributed by atoms with van der Waals surface area (Å²) in [5.41, 5.74) is 4.59. The Labute approximate surface area is 191 Å². The molecule has 32 heavy (non-hydrogen) atoms. The second kappa shape index (κ2) is 10.2. The van der Waals surface area contributed by atoms with Gasteiger partial charge >= 0.3 is 0 Å². The number of ether oxygens (including phenoxy) is 1. The number of unbranched alkanes of at least 4 members (excludes halogenated alkanes) is 2. The van der Waals surface area contributed by atoms with Gasteiger partial charge in [0, 0.05) is 32.0 Å². The summed E-state index contributed by atoms with van der Waals surface area (Å²) in [5.74, 6) is 2.49. The van der Waals surface area contributed by atoms with Crippen LogP contribution in [-0.4, -0.2) is 40.1 Å². The number of rotatable bonds is 10. The van der Waals surface area contributed by atoms with Crippen LogP contribution in [0.5, 0.6) is 5.75 Å². The molecule has 0 bridgehead atoms. The predicted molar refractivity (Wildman–Crippen MR) is 129 cm³/mol. The molecule has 1 fully saturated rings. The Morgan fingerprint density at radius 3 is 2.75 bits per heavy atom. The highest BCUT2D eigenvalue weighted by atomic mass is 16.5. The van der Waals surface area contributed by atoms with Gasteiger partial charge in [-0.3, -0.25) is 4.79 Å². The quantitative estimate of drug-likeness (QED) is 0.389. The summed E-state index contributed by atoms with van der Waals surface area (Å²) in [7, 11) is 0. The van der Waals surface area contributed by atoms with Crippen LogP contribution in [-0.2, 0) is 11.3 Å². The van der Waals surface area contributed by atoms with E-state index in [0.717, 1.165) is 67.9 Å². The van der Waals surface area contributed by atoms with Crippen molar-refractivity contribution in [3.63, 3.8) is 0 Å². The maximum Gasteiger partial charge on any atom is 0.223 e. The third-order valence-electron chi connectivity index (χ3n) is 6.42. The smallest absolute Gasteiger partial charge is 0.223 e. The van der Waals surface area contributed by atoms with E-state index < -0.39 is 0 Å². The van der Waals surface area contributed by atoms with Crippen molar-refractivity contribution < 1.29 is 9.53 Å². The highest BCUT2D eigenvalue weighted by Gasteiger charge is 2.33. The van der Waals surface area contributed by atoms with E-state index in [2.05, 4.69) is 61.7 Å². The fourth-order valence-electron chi connectivity index (χ4n) is 4.57. The van der Waals surface area contributed by atoms with E-state index in [1.165, 1.54) is 11.1 Å². The molecule has 1 amide bonds. The van der Waals surface area contributed by atoms with Gasteiger partial charge in [-0.15, -0.1) is 0 Å². The predicted octanol–water partition coefficient (Wildman–Crippen LogP) is 5.63. The molecular weight excluding hydrogens is 398 g/mol. The lowest BCUT2D eigenvalue weighted by molar-refractivity contribution is -0.127. The molecule has 1 aliphatic rings. The molecule has 0 radical (unpaired) electrons. The molecule has 170 valence electrons. The molecule has 1 saturated heterocycles. The number of fused-ring (bicyclic) bond motifs is 1. The average Bonchev–Trinajstić information content (AvgIpc) is 3.34. The fourth-order valence-corrected chi connectivity index (χ4v) is 4.57. The first-order valence-corrected chi connectivity index (χ1v) is 12.0. The van der Waals surface area contributed by atoms with Crippen molar-refractivity contribution in [1.82, 2.24) is 14.5 Å². The number of nitrogens with zero attached hydrogens (tertiary/aromatic N) is 3. The summed E-state index contributed by atoms with van der Waals surface area (Å²) in [4.78, 5) is 19.5. The van der Waals surface area contributed by atoms with E-state index >= 15 is 0 Å². The first-order valence-electron chi connectivity index (χ1n) is 12.0. The third-order valence-corrected chi connectivity index (χ3v) is 6.42. The molecule has 1 atom stereocenters. The topological polar surface area (TPSA) is 47.4 Å². The van der Waals surface area contributed by atoms with Gasteiger partial charge in [0.15, 0.2) is 0 Å². The summed E-state index contributed by atoms with van der Waals surface area (Å²) in [6.07, 6.45) is 4.74. The lowest BCUT2D eigenvalue weighted by Gasteiger charge is -2.17.